The Morgan fingerprint density at radius 2 is 1.89 bits per heavy atom. The maximum atomic E-state index is 10.6. The topological polar surface area (TPSA) is 47.8 Å². The van der Waals surface area contributed by atoms with E-state index < -0.39 is 0 Å². The van der Waals surface area contributed by atoms with Crippen molar-refractivity contribution in [2.24, 2.45) is 7.05 Å². The zero-order chi connectivity index (χ0) is 13.4. The number of hydrogen-bond acceptors (Lipinski definition) is 3. The van der Waals surface area contributed by atoms with E-state index in [0.717, 1.165) is 27.9 Å². The molecule has 19 heavy (non-hydrogen) atoms. The van der Waals surface area contributed by atoms with Crippen LogP contribution < -0.4 is 0 Å². The maximum absolute atomic E-state index is 10.6. The number of benzene rings is 1. The summed E-state index contributed by atoms with van der Waals surface area (Å²) in [5, 5.41) is 9.20. The molecule has 0 unspecified atom stereocenters. The molecule has 4 heteroatoms. The molecular formula is C15H13N3O. The van der Waals surface area contributed by atoms with Gasteiger partial charge in [0.2, 0.25) is 0 Å². The molecule has 0 aliphatic heterocycles. The molecule has 0 aliphatic rings. The van der Waals surface area contributed by atoms with E-state index in [-0.39, 0.29) is 0 Å². The van der Waals surface area contributed by atoms with Gasteiger partial charge >= 0.3 is 0 Å². The minimum absolute atomic E-state index is 0.349. The van der Waals surface area contributed by atoms with Crippen LogP contribution >= 0.6 is 0 Å². The normalized spacial score (nSPS) is 10.8. The summed E-state index contributed by atoms with van der Waals surface area (Å²) in [7, 11) is 2.04. The van der Waals surface area contributed by atoms with Gasteiger partial charge in [-0.25, -0.2) is 0 Å². The molecule has 0 saturated heterocycles. The molecule has 1 aromatic carbocycles. The van der Waals surface area contributed by atoms with Gasteiger partial charge in [-0.05, 0) is 25.1 Å². The van der Waals surface area contributed by atoms with Crippen LogP contribution in [0.2, 0.25) is 0 Å². The molecule has 3 rings (SSSR count). The molecule has 0 bridgehead atoms. The second-order valence-electron chi connectivity index (χ2n) is 4.50. The number of hydrogen-bond donors (Lipinski definition) is 0. The first-order valence-electron chi connectivity index (χ1n) is 6.05. The highest BCUT2D eigenvalue weighted by Gasteiger charge is 2.14. The maximum Gasteiger partial charge on any atom is 0.170 e. The second kappa shape index (κ2) is 4.31. The van der Waals surface area contributed by atoms with Gasteiger partial charge < -0.3 is 4.57 Å². The Morgan fingerprint density at radius 3 is 2.58 bits per heavy atom. The number of aryl methyl sites for hydroxylation is 1. The SMILES string of the molecule is Cc1c(-c2ccc(C=O)nn2)c2ccccc2n1C. The highest BCUT2D eigenvalue weighted by Crippen LogP contribution is 2.32. The molecule has 0 radical (unpaired) electrons. The molecule has 2 heterocycles. The standard InChI is InChI=1S/C15H13N3O/c1-10-15(13-8-7-11(9-19)16-17-13)12-5-3-4-6-14(12)18(10)2/h3-9H,1-2H3. The first kappa shape index (κ1) is 11.6. The van der Waals surface area contributed by atoms with Crippen molar-refractivity contribution in [2.75, 3.05) is 0 Å². The van der Waals surface area contributed by atoms with E-state index in [1.54, 1.807) is 6.07 Å². The lowest BCUT2D eigenvalue weighted by molar-refractivity contribution is 0.111. The largest absolute Gasteiger partial charge is 0.347 e. The lowest BCUT2D eigenvalue weighted by atomic mass is 10.1. The van der Waals surface area contributed by atoms with E-state index in [9.17, 15) is 4.79 Å². The minimum atomic E-state index is 0.349. The first-order valence-corrected chi connectivity index (χ1v) is 6.05. The monoisotopic (exact) mass is 251 g/mol. The smallest absolute Gasteiger partial charge is 0.170 e. The Balaban J connectivity index is 2.29. The number of aldehydes is 1. The molecule has 0 aliphatic carbocycles. The highest BCUT2D eigenvalue weighted by molar-refractivity contribution is 5.97. The van der Waals surface area contributed by atoms with Gasteiger partial charge in [0.15, 0.2) is 6.29 Å². The van der Waals surface area contributed by atoms with Crippen LogP contribution in [-0.2, 0) is 7.05 Å². The van der Waals surface area contributed by atoms with Crippen molar-refractivity contribution < 1.29 is 4.79 Å². The Hall–Kier alpha value is -2.49. The summed E-state index contributed by atoms with van der Waals surface area (Å²) < 4.78 is 2.14. The average molecular weight is 251 g/mol. The zero-order valence-electron chi connectivity index (χ0n) is 10.8. The van der Waals surface area contributed by atoms with Gasteiger partial charge in [-0.15, -0.1) is 10.2 Å². The molecule has 4 nitrogen and oxygen atoms in total. The fraction of sp³-hybridized carbons (Fsp3) is 0.133. The summed E-state index contributed by atoms with van der Waals surface area (Å²) in [5.41, 5.74) is 4.51. The van der Waals surface area contributed by atoms with Gasteiger partial charge in [0, 0.05) is 29.2 Å². The van der Waals surface area contributed by atoms with Gasteiger partial charge in [-0.2, -0.15) is 0 Å². The third-order valence-corrected chi connectivity index (χ3v) is 3.46. The second-order valence-corrected chi connectivity index (χ2v) is 4.50. The number of rotatable bonds is 2. The van der Waals surface area contributed by atoms with Crippen LogP contribution in [0.3, 0.4) is 0 Å². The summed E-state index contributed by atoms with van der Waals surface area (Å²) >= 11 is 0. The van der Waals surface area contributed by atoms with Crippen molar-refractivity contribution >= 4 is 17.2 Å². The number of carbonyl (C=O) groups excluding carboxylic acids is 1. The predicted molar refractivity (Wildman–Crippen MR) is 74.1 cm³/mol. The lowest BCUT2D eigenvalue weighted by Crippen LogP contribution is -1.94. The molecule has 2 aromatic heterocycles. The van der Waals surface area contributed by atoms with Gasteiger partial charge in [-0.1, -0.05) is 18.2 Å². The lowest BCUT2D eigenvalue weighted by Gasteiger charge is -2.01. The predicted octanol–water partition coefficient (Wildman–Crippen LogP) is 2.76. The van der Waals surface area contributed by atoms with E-state index in [1.807, 2.05) is 25.2 Å². The Morgan fingerprint density at radius 1 is 1.11 bits per heavy atom. The fourth-order valence-corrected chi connectivity index (χ4v) is 2.38. The van der Waals surface area contributed by atoms with Crippen molar-refractivity contribution in [1.82, 2.24) is 14.8 Å². The van der Waals surface area contributed by atoms with Crippen molar-refractivity contribution in [2.45, 2.75) is 6.92 Å². The van der Waals surface area contributed by atoms with Gasteiger partial charge in [-0.3, -0.25) is 4.79 Å². The Labute approximate surface area is 110 Å². The van der Waals surface area contributed by atoms with Crippen molar-refractivity contribution in [1.29, 1.82) is 0 Å². The molecule has 0 N–H and O–H groups in total. The molecule has 0 atom stereocenters. The Kier molecular flexibility index (Phi) is 2.63. The van der Waals surface area contributed by atoms with Crippen LogP contribution in [0, 0.1) is 6.92 Å². The minimum Gasteiger partial charge on any atom is -0.347 e. The first-order chi connectivity index (χ1) is 9.22. The van der Waals surface area contributed by atoms with E-state index >= 15 is 0 Å². The van der Waals surface area contributed by atoms with Crippen LogP contribution in [-0.4, -0.2) is 21.1 Å². The third-order valence-electron chi connectivity index (χ3n) is 3.46. The van der Waals surface area contributed by atoms with Gasteiger partial charge in [0.1, 0.15) is 5.69 Å². The van der Waals surface area contributed by atoms with Crippen LogP contribution in [0.4, 0.5) is 0 Å². The number of aromatic nitrogens is 3. The third kappa shape index (κ3) is 1.73. The average Bonchev–Trinajstić information content (AvgIpc) is 2.72. The molecular weight excluding hydrogens is 238 g/mol. The zero-order valence-corrected chi connectivity index (χ0v) is 10.8. The molecule has 3 aromatic rings. The van der Waals surface area contributed by atoms with Crippen LogP contribution in [0.1, 0.15) is 16.2 Å². The molecule has 94 valence electrons. The molecule has 0 fully saturated rings. The fourth-order valence-electron chi connectivity index (χ4n) is 2.38. The summed E-state index contributed by atoms with van der Waals surface area (Å²) in [6, 6.07) is 11.7. The Bertz CT molecular complexity index is 757. The van der Waals surface area contributed by atoms with E-state index in [4.69, 9.17) is 0 Å². The van der Waals surface area contributed by atoms with E-state index in [2.05, 4.69) is 33.8 Å². The number of nitrogens with zero attached hydrogens (tertiary/aromatic N) is 3. The van der Waals surface area contributed by atoms with Gasteiger partial charge in [0.25, 0.3) is 0 Å². The summed E-state index contributed by atoms with van der Waals surface area (Å²) in [5.74, 6) is 0. The molecule has 0 spiro atoms. The summed E-state index contributed by atoms with van der Waals surface area (Å²) in [4.78, 5) is 10.6. The summed E-state index contributed by atoms with van der Waals surface area (Å²) in [6.45, 7) is 2.06. The van der Waals surface area contributed by atoms with Gasteiger partial charge in [0.05, 0.1) is 5.69 Å². The highest BCUT2D eigenvalue weighted by atomic mass is 16.1. The molecule has 0 saturated carbocycles. The quantitative estimate of drug-likeness (QED) is 0.658. The van der Waals surface area contributed by atoms with Crippen molar-refractivity contribution in [3.8, 4) is 11.3 Å². The van der Waals surface area contributed by atoms with E-state index in [0.29, 0.717) is 12.0 Å². The molecule has 0 amide bonds. The number of fused-ring (bicyclic) bond motifs is 1. The van der Waals surface area contributed by atoms with Crippen molar-refractivity contribution in [3.63, 3.8) is 0 Å². The van der Waals surface area contributed by atoms with Crippen molar-refractivity contribution in [3.05, 3.63) is 47.8 Å². The van der Waals surface area contributed by atoms with E-state index in [1.165, 1.54) is 0 Å². The number of para-hydroxylation sites is 1. The summed E-state index contributed by atoms with van der Waals surface area (Å²) in [6.07, 6.45) is 0.701. The number of carbonyl (C=O) groups is 1. The van der Waals surface area contributed by atoms with Crippen LogP contribution in [0.5, 0.6) is 0 Å². The van der Waals surface area contributed by atoms with Crippen LogP contribution in [0.25, 0.3) is 22.2 Å². The van der Waals surface area contributed by atoms with Crippen LogP contribution in [0.15, 0.2) is 36.4 Å².